The van der Waals surface area contributed by atoms with E-state index in [0.29, 0.717) is 0 Å². The van der Waals surface area contributed by atoms with Crippen LogP contribution >= 0.6 is 34.2 Å². The van der Waals surface area contributed by atoms with Crippen molar-refractivity contribution in [2.75, 3.05) is 0 Å². The van der Waals surface area contributed by atoms with Crippen molar-refractivity contribution < 1.29 is 0 Å². The zero-order valence-corrected chi connectivity index (χ0v) is 13.9. The molecule has 2 rings (SSSR count). The molecular formula is C15H20ClIN2. The molecule has 0 saturated heterocycles. The van der Waals surface area contributed by atoms with Crippen LogP contribution in [-0.2, 0) is 0 Å². The van der Waals surface area contributed by atoms with Crippen LogP contribution in [0, 0.1) is 3.57 Å². The molecule has 1 aromatic carbocycles. The molecule has 0 heterocycles. The van der Waals surface area contributed by atoms with Gasteiger partial charge in [0, 0.05) is 3.57 Å². The second kappa shape index (κ2) is 7.62. The van der Waals surface area contributed by atoms with E-state index in [9.17, 15) is 0 Å². The summed E-state index contributed by atoms with van der Waals surface area (Å²) in [7, 11) is 0. The average molecular weight is 391 g/mol. The molecule has 0 bridgehead atoms. The van der Waals surface area contributed by atoms with E-state index < -0.39 is 0 Å². The van der Waals surface area contributed by atoms with Crippen LogP contribution in [0.15, 0.2) is 29.8 Å². The summed E-state index contributed by atoms with van der Waals surface area (Å²) in [4.78, 5) is 0. The number of allylic oxidation sites excluding steroid dienone is 1. The summed E-state index contributed by atoms with van der Waals surface area (Å²) in [5, 5.41) is 0.796. The zero-order chi connectivity index (χ0) is 13.7. The van der Waals surface area contributed by atoms with Crippen molar-refractivity contribution >= 4 is 34.2 Å². The Bertz CT molecular complexity index is 459. The Hall–Kier alpha value is -0.100. The third-order valence-corrected chi connectivity index (χ3v) is 5.21. The minimum atomic E-state index is 0.0904. The van der Waals surface area contributed by atoms with Gasteiger partial charge in [-0.25, -0.2) is 5.43 Å². The Morgan fingerprint density at radius 3 is 2.74 bits per heavy atom. The summed E-state index contributed by atoms with van der Waals surface area (Å²) in [6.45, 7) is 0. The van der Waals surface area contributed by atoms with Gasteiger partial charge >= 0.3 is 0 Å². The molecule has 1 aliphatic carbocycles. The molecule has 1 aliphatic rings. The van der Waals surface area contributed by atoms with Crippen molar-refractivity contribution in [1.29, 1.82) is 0 Å². The first-order chi connectivity index (χ1) is 9.22. The largest absolute Gasteiger partial charge is 0.271 e. The summed E-state index contributed by atoms with van der Waals surface area (Å²) in [6.07, 6.45) is 9.85. The first kappa shape index (κ1) is 15.3. The maximum absolute atomic E-state index is 6.22. The summed E-state index contributed by atoms with van der Waals surface area (Å²) in [5.74, 6) is 5.78. The van der Waals surface area contributed by atoms with Gasteiger partial charge in [0.15, 0.2) is 0 Å². The van der Waals surface area contributed by atoms with Crippen LogP contribution < -0.4 is 11.3 Å². The maximum atomic E-state index is 6.22. The van der Waals surface area contributed by atoms with Crippen LogP contribution in [0.3, 0.4) is 0 Å². The van der Waals surface area contributed by atoms with E-state index in [0.717, 1.165) is 27.0 Å². The standard InChI is InChI=1S/C15H20ClIN2/c16-13-10-12(8-9-14(13)17)15(19-18)11-6-4-2-1-3-5-7-11/h6,8-10,15,19H,1-5,7,18H2/b11-6+. The molecule has 1 atom stereocenters. The van der Waals surface area contributed by atoms with Crippen LogP contribution in [0.2, 0.25) is 5.02 Å². The number of benzene rings is 1. The number of nitrogens with two attached hydrogens (primary N) is 1. The number of hydrazine groups is 1. The lowest BCUT2D eigenvalue weighted by Crippen LogP contribution is -2.29. The number of halogens is 2. The molecular weight excluding hydrogens is 371 g/mol. The van der Waals surface area contributed by atoms with E-state index >= 15 is 0 Å². The fourth-order valence-corrected chi connectivity index (χ4v) is 3.11. The van der Waals surface area contributed by atoms with Gasteiger partial charge in [-0.1, -0.05) is 42.2 Å². The molecule has 0 fully saturated rings. The van der Waals surface area contributed by atoms with Gasteiger partial charge in [-0.15, -0.1) is 0 Å². The number of hydrogen-bond acceptors (Lipinski definition) is 2. The first-order valence-electron chi connectivity index (χ1n) is 6.82. The maximum Gasteiger partial charge on any atom is 0.0670 e. The molecule has 0 saturated carbocycles. The van der Waals surface area contributed by atoms with E-state index in [1.807, 2.05) is 12.1 Å². The van der Waals surface area contributed by atoms with Crippen molar-refractivity contribution in [2.45, 2.75) is 44.6 Å². The lowest BCUT2D eigenvalue weighted by molar-refractivity contribution is 0.555. The van der Waals surface area contributed by atoms with E-state index in [4.69, 9.17) is 17.4 Å². The predicted molar refractivity (Wildman–Crippen MR) is 90.0 cm³/mol. The van der Waals surface area contributed by atoms with Crippen LogP contribution in [0.5, 0.6) is 0 Å². The lowest BCUT2D eigenvalue weighted by Gasteiger charge is -2.22. The van der Waals surface area contributed by atoms with Gasteiger partial charge in [-0.05, 0) is 66.0 Å². The Labute approximate surface area is 133 Å². The zero-order valence-electron chi connectivity index (χ0n) is 11.0. The number of nitrogens with one attached hydrogen (secondary N) is 1. The predicted octanol–water partition coefficient (Wildman–Crippen LogP) is 4.73. The molecule has 0 spiro atoms. The SMILES string of the molecule is NNC(/C1=C/CCCCCC1)c1ccc(I)c(Cl)c1. The monoisotopic (exact) mass is 390 g/mol. The molecule has 0 aromatic heterocycles. The van der Waals surface area contributed by atoms with E-state index in [1.54, 1.807) is 0 Å². The second-order valence-electron chi connectivity index (χ2n) is 5.01. The molecule has 0 radical (unpaired) electrons. The van der Waals surface area contributed by atoms with Gasteiger partial charge in [0.2, 0.25) is 0 Å². The van der Waals surface area contributed by atoms with Crippen LogP contribution in [0.4, 0.5) is 0 Å². The fraction of sp³-hybridized carbons (Fsp3) is 0.467. The third kappa shape index (κ3) is 4.18. The van der Waals surface area contributed by atoms with Crippen molar-refractivity contribution in [3.63, 3.8) is 0 Å². The molecule has 0 aliphatic heterocycles. The van der Waals surface area contributed by atoms with Gasteiger partial charge in [0.05, 0.1) is 11.1 Å². The van der Waals surface area contributed by atoms with Crippen LogP contribution in [0.1, 0.15) is 50.1 Å². The van der Waals surface area contributed by atoms with Gasteiger partial charge < -0.3 is 0 Å². The highest BCUT2D eigenvalue weighted by molar-refractivity contribution is 14.1. The van der Waals surface area contributed by atoms with Crippen LogP contribution in [-0.4, -0.2) is 0 Å². The molecule has 1 aromatic rings. The minimum Gasteiger partial charge on any atom is -0.271 e. The Balaban J connectivity index is 2.24. The number of hydrogen-bond donors (Lipinski definition) is 2. The molecule has 19 heavy (non-hydrogen) atoms. The quantitative estimate of drug-likeness (QED) is 0.339. The summed E-state index contributed by atoms with van der Waals surface area (Å²) >= 11 is 8.46. The average Bonchev–Trinajstić information content (AvgIpc) is 2.36. The highest BCUT2D eigenvalue weighted by Gasteiger charge is 2.16. The lowest BCUT2D eigenvalue weighted by atomic mass is 9.91. The highest BCUT2D eigenvalue weighted by atomic mass is 127. The number of rotatable bonds is 3. The highest BCUT2D eigenvalue weighted by Crippen LogP contribution is 2.30. The first-order valence-corrected chi connectivity index (χ1v) is 8.28. The van der Waals surface area contributed by atoms with Gasteiger partial charge in [0.25, 0.3) is 0 Å². The van der Waals surface area contributed by atoms with Gasteiger partial charge in [0.1, 0.15) is 0 Å². The van der Waals surface area contributed by atoms with Crippen molar-refractivity contribution in [3.05, 3.63) is 44.0 Å². The van der Waals surface area contributed by atoms with Gasteiger partial charge in [-0.3, -0.25) is 5.84 Å². The van der Waals surface area contributed by atoms with E-state index in [2.05, 4.69) is 40.2 Å². The normalized spacial score (nSPS) is 21.1. The molecule has 0 amide bonds. The summed E-state index contributed by atoms with van der Waals surface area (Å²) < 4.78 is 1.07. The molecule has 1 unspecified atom stereocenters. The van der Waals surface area contributed by atoms with Crippen molar-refractivity contribution in [1.82, 2.24) is 5.43 Å². The summed E-state index contributed by atoms with van der Waals surface area (Å²) in [6, 6.07) is 6.27. The molecule has 4 heteroatoms. The Kier molecular flexibility index (Phi) is 6.13. The smallest absolute Gasteiger partial charge is 0.0670 e. The van der Waals surface area contributed by atoms with Crippen molar-refractivity contribution in [3.8, 4) is 0 Å². The second-order valence-corrected chi connectivity index (χ2v) is 6.57. The summed E-state index contributed by atoms with van der Waals surface area (Å²) in [5.41, 5.74) is 5.51. The van der Waals surface area contributed by atoms with E-state index in [1.165, 1.54) is 31.3 Å². The molecule has 2 nitrogen and oxygen atoms in total. The molecule has 3 N–H and O–H groups in total. The van der Waals surface area contributed by atoms with E-state index in [-0.39, 0.29) is 6.04 Å². The Morgan fingerprint density at radius 2 is 2.00 bits per heavy atom. The van der Waals surface area contributed by atoms with Gasteiger partial charge in [-0.2, -0.15) is 0 Å². The fourth-order valence-electron chi connectivity index (χ4n) is 2.59. The van der Waals surface area contributed by atoms with Crippen molar-refractivity contribution in [2.24, 2.45) is 5.84 Å². The third-order valence-electron chi connectivity index (χ3n) is 3.64. The molecule has 104 valence electrons. The minimum absolute atomic E-state index is 0.0904. The van der Waals surface area contributed by atoms with Crippen LogP contribution in [0.25, 0.3) is 0 Å². The Morgan fingerprint density at radius 1 is 1.21 bits per heavy atom. The topological polar surface area (TPSA) is 38.0 Å².